The van der Waals surface area contributed by atoms with Gasteiger partial charge in [0.15, 0.2) is 0 Å². The SMILES string of the molecule is COCCNC(=O)c1sc2ccccc2c1CC1CCCCCN1CC1CC1. The number of fused-ring (bicyclic) bond motifs is 1. The Morgan fingerprint density at radius 3 is 2.89 bits per heavy atom. The highest BCUT2D eigenvalue weighted by Crippen LogP contribution is 2.36. The molecule has 0 radical (unpaired) electrons. The molecule has 1 saturated heterocycles. The van der Waals surface area contributed by atoms with Gasteiger partial charge in [-0.05, 0) is 61.6 Å². The molecule has 1 saturated carbocycles. The largest absolute Gasteiger partial charge is 0.383 e. The second kappa shape index (κ2) is 9.38. The molecule has 0 bridgehead atoms. The van der Waals surface area contributed by atoms with Crippen LogP contribution in [0.4, 0.5) is 0 Å². The standard InChI is InChI=1S/C23H32N2O2S/c1-27-14-12-24-23(26)22-20(19-8-4-5-9-21(19)28-22)15-18-7-3-2-6-13-25(18)16-17-10-11-17/h4-5,8-9,17-18H,2-3,6-7,10-16H2,1H3,(H,24,26). The van der Waals surface area contributed by atoms with Crippen molar-refractivity contribution in [3.8, 4) is 0 Å². The number of likely N-dealkylation sites (tertiary alicyclic amines) is 1. The van der Waals surface area contributed by atoms with Gasteiger partial charge >= 0.3 is 0 Å². The number of ether oxygens (including phenoxy) is 1. The van der Waals surface area contributed by atoms with Gasteiger partial charge < -0.3 is 10.1 Å². The van der Waals surface area contributed by atoms with Gasteiger partial charge in [-0.3, -0.25) is 9.69 Å². The zero-order valence-corrected chi connectivity index (χ0v) is 17.7. The first-order valence-corrected chi connectivity index (χ1v) is 11.6. The normalized spacial score (nSPS) is 21.0. The van der Waals surface area contributed by atoms with Crippen LogP contribution < -0.4 is 5.32 Å². The molecule has 2 fully saturated rings. The maximum absolute atomic E-state index is 12.9. The second-order valence-corrected chi connectivity index (χ2v) is 9.35. The van der Waals surface area contributed by atoms with Crippen LogP contribution in [0.15, 0.2) is 24.3 Å². The lowest BCUT2D eigenvalue weighted by molar-refractivity contribution is 0.0939. The third-order valence-corrected chi connectivity index (χ3v) is 7.34. The van der Waals surface area contributed by atoms with E-state index in [1.54, 1.807) is 18.4 Å². The highest BCUT2D eigenvalue weighted by molar-refractivity contribution is 7.21. The van der Waals surface area contributed by atoms with Gasteiger partial charge in [0.25, 0.3) is 5.91 Å². The van der Waals surface area contributed by atoms with E-state index in [0.29, 0.717) is 19.2 Å². The molecule has 4 rings (SSSR count). The van der Waals surface area contributed by atoms with Crippen molar-refractivity contribution in [1.82, 2.24) is 10.2 Å². The summed E-state index contributed by atoms with van der Waals surface area (Å²) in [6.45, 7) is 3.57. The minimum absolute atomic E-state index is 0.0515. The predicted octanol–water partition coefficient (Wildman–Crippen LogP) is 4.47. The zero-order chi connectivity index (χ0) is 19.3. The minimum atomic E-state index is 0.0515. The summed E-state index contributed by atoms with van der Waals surface area (Å²) in [4.78, 5) is 16.6. The Hall–Kier alpha value is -1.43. The average Bonchev–Trinajstić information content (AvgIpc) is 3.49. The third kappa shape index (κ3) is 4.76. The highest BCUT2D eigenvalue weighted by Gasteiger charge is 2.30. The fourth-order valence-corrected chi connectivity index (χ4v) is 5.56. The molecule has 28 heavy (non-hydrogen) atoms. The summed E-state index contributed by atoms with van der Waals surface area (Å²) in [7, 11) is 1.66. The number of nitrogens with one attached hydrogen (secondary N) is 1. The number of carbonyl (C=O) groups is 1. The monoisotopic (exact) mass is 400 g/mol. The smallest absolute Gasteiger partial charge is 0.261 e. The summed E-state index contributed by atoms with van der Waals surface area (Å²) >= 11 is 1.64. The fraction of sp³-hybridized carbons (Fsp3) is 0.609. The van der Waals surface area contributed by atoms with E-state index in [0.717, 1.165) is 17.2 Å². The molecular weight excluding hydrogens is 368 g/mol. The molecule has 0 spiro atoms. The molecule has 2 aromatic rings. The van der Waals surface area contributed by atoms with Gasteiger partial charge in [0.2, 0.25) is 0 Å². The van der Waals surface area contributed by atoms with Crippen LogP contribution in [0.1, 0.15) is 53.8 Å². The molecule has 2 heterocycles. The Kier molecular flexibility index (Phi) is 6.65. The number of nitrogens with zero attached hydrogens (tertiary/aromatic N) is 1. The summed E-state index contributed by atoms with van der Waals surface area (Å²) in [5.74, 6) is 0.965. The number of hydrogen-bond donors (Lipinski definition) is 1. The molecule has 1 N–H and O–H groups in total. The quantitative estimate of drug-likeness (QED) is 0.665. The van der Waals surface area contributed by atoms with Gasteiger partial charge in [-0.2, -0.15) is 0 Å². The van der Waals surface area contributed by atoms with Crippen LogP contribution in [0.2, 0.25) is 0 Å². The van der Waals surface area contributed by atoms with Crippen molar-refractivity contribution in [2.45, 2.75) is 51.0 Å². The molecule has 4 nitrogen and oxygen atoms in total. The van der Waals surface area contributed by atoms with Gasteiger partial charge in [0, 0.05) is 30.9 Å². The molecule has 1 unspecified atom stereocenters. The molecule has 152 valence electrons. The lowest BCUT2D eigenvalue weighted by Crippen LogP contribution is -2.38. The lowest BCUT2D eigenvalue weighted by Gasteiger charge is -2.30. The Morgan fingerprint density at radius 2 is 2.07 bits per heavy atom. The maximum atomic E-state index is 12.9. The van der Waals surface area contributed by atoms with E-state index in [1.807, 2.05) is 0 Å². The molecule has 1 atom stereocenters. The fourth-order valence-electron chi connectivity index (χ4n) is 4.41. The number of carbonyl (C=O) groups excluding carboxylic acids is 1. The Bertz CT molecular complexity index is 799. The lowest BCUT2D eigenvalue weighted by atomic mass is 9.97. The van der Waals surface area contributed by atoms with Crippen LogP contribution >= 0.6 is 11.3 Å². The summed E-state index contributed by atoms with van der Waals surface area (Å²) in [6, 6.07) is 9.06. The van der Waals surface area contributed by atoms with Crippen molar-refractivity contribution in [2.75, 3.05) is 33.4 Å². The molecule has 1 aliphatic carbocycles. The molecule has 5 heteroatoms. The Balaban J connectivity index is 1.59. The molecule has 2 aliphatic rings. The van der Waals surface area contributed by atoms with E-state index in [9.17, 15) is 4.79 Å². The molecular formula is C23H32N2O2S. The van der Waals surface area contributed by atoms with Crippen LogP contribution in [-0.2, 0) is 11.2 Å². The Labute approximate surface area is 172 Å². The van der Waals surface area contributed by atoms with Crippen molar-refractivity contribution in [3.63, 3.8) is 0 Å². The maximum Gasteiger partial charge on any atom is 0.261 e. The van der Waals surface area contributed by atoms with E-state index in [4.69, 9.17) is 4.74 Å². The zero-order valence-electron chi connectivity index (χ0n) is 16.9. The first-order chi connectivity index (χ1) is 13.8. The number of amides is 1. The van der Waals surface area contributed by atoms with Gasteiger partial charge in [0.1, 0.15) is 0 Å². The summed E-state index contributed by atoms with van der Waals surface area (Å²) in [5.41, 5.74) is 1.25. The van der Waals surface area contributed by atoms with Crippen molar-refractivity contribution in [2.24, 2.45) is 5.92 Å². The first kappa shape index (κ1) is 19.9. The molecule has 1 aliphatic heterocycles. The first-order valence-electron chi connectivity index (χ1n) is 10.8. The van der Waals surface area contributed by atoms with Crippen molar-refractivity contribution in [3.05, 3.63) is 34.7 Å². The number of methoxy groups -OCH3 is 1. The van der Waals surface area contributed by atoms with E-state index in [1.165, 1.54) is 67.3 Å². The van der Waals surface area contributed by atoms with Gasteiger partial charge in [-0.15, -0.1) is 11.3 Å². The predicted molar refractivity (Wildman–Crippen MR) is 116 cm³/mol. The number of benzene rings is 1. The summed E-state index contributed by atoms with van der Waals surface area (Å²) in [6.07, 6.45) is 9.01. The number of thiophene rings is 1. The van der Waals surface area contributed by atoms with E-state index < -0.39 is 0 Å². The van der Waals surface area contributed by atoms with Crippen LogP contribution in [0.5, 0.6) is 0 Å². The summed E-state index contributed by atoms with van der Waals surface area (Å²) in [5, 5.41) is 4.30. The third-order valence-electron chi connectivity index (χ3n) is 6.12. The van der Waals surface area contributed by atoms with E-state index >= 15 is 0 Å². The van der Waals surface area contributed by atoms with Crippen molar-refractivity contribution in [1.29, 1.82) is 0 Å². The second-order valence-electron chi connectivity index (χ2n) is 8.30. The minimum Gasteiger partial charge on any atom is -0.383 e. The van der Waals surface area contributed by atoms with Crippen LogP contribution in [0.3, 0.4) is 0 Å². The van der Waals surface area contributed by atoms with Crippen molar-refractivity contribution < 1.29 is 9.53 Å². The number of rotatable bonds is 8. The van der Waals surface area contributed by atoms with Crippen LogP contribution in [0, 0.1) is 5.92 Å². The van der Waals surface area contributed by atoms with E-state index in [-0.39, 0.29) is 5.91 Å². The van der Waals surface area contributed by atoms with Crippen LogP contribution in [0.25, 0.3) is 10.1 Å². The molecule has 1 aromatic heterocycles. The average molecular weight is 401 g/mol. The van der Waals surface area contributed by atoms with Gasteiger partial charge in [-0.1, -0.05) is 31.0 Å². The summed E-state index contributed by atoms with van der Waals surface area (Å²) < 4.78 is 6.31. The van der Waals surface area contributed by atoms with Gasteiger partial charge in [0.05, 0.1) is 11.5 Å². The van der Waals surface area contributed by atoms with Gasteiger partial charge in [-0.25, -0.2) is 0 Å². The topological polar surface area (TPSA) is 41.6 Å². The van der Waals surface area contributed by atoms with E-state index in [2.05, 4.69) is 34.5 Å². The van der Waals surface area contributed by atoms with Crippen LogP contribution in [-0.4, -0.2) is 50.2 Å². The molecule has 1 aromatic carbocycles. The van der Waals surface area contributed by atoms with Crippen molar-refractivity contribution >= 4 is 27.3 Å². The molecule has 1 amide bonds. The Morgan fingerprint density at radius 1 is 1.21 bits per heavy atom. The number of hydrogen-bond acceptors (Lipinski definition) is 4. The highest BCUT2D eigenvalue weighted by atomic mass is 32.1.